The van der Waals surface area contributed by atoms with Crippen LogP contribution >= 0.6 is 23.5 Å². The average molecular weight is 593 g/mol. The first-order valence-corrected chi connectivity index (χ1v) is 16.1. The largest absolute Gasteiger partial charge is 0.383 e. The van der Waals surface area contributed by atoms with Gasteiger partial charge in [-0.2, -0.15) is 0 Å². The summed E-state index contributed by atoms with van der Waals surface area (Å²) >= 11 is 3.56. The van der Waals surface area contributed by atoms with Gasteiger partial charge in [0.25, 0.3) is 0 Å². The predicted molar refractivity (Wildman–Crippen MR) is 164 cm³/mol. The van der Waals surface area contributed by atoms with Gasteiger partial charge >= 0.3 is 0 Å². The van der Waals surface area contributed by atoms with Crippen LogP contribution < -0.4 is 15.8 Å². The van der Waals surface area contributed by atoms with Crippen LogP contribution in [0.15, 0.2) is 72.9 Å². The number of nitrogens with one attached hydrogen (secondary N) is 2. The Morgan fingerprint density at radius 1 is 1.02 bits per heavy atom. The maximum atomic E-state index is 12.7. The molecule has 3 fully saturated rings. The molecule has 41 heavy (non-hydrogen) atoms. The van der Waals surface area contributed by atoms with Crippen molar-refractivity contribution in [1.29, 1.82) is 0 Å². The summed E-state index contributed by atoms with van der Waals surface area (Å²) in [6.07, 6.45) is 3.14. The highest BCUT2D eigenvalue weighted by atomic mass is 32.2. The van der Waals surface area contributed by atoms with Crippen molar-refractivity contribution in [2.45, 2.75) is 50.7 Å². The zero-order chi connectivity index (χ0) is 27.8. The zero-order valence-corrected chi connectivity index (χ0v) is 24.9. The van der Waals surface area contributed by atoms with Gasteiger partial charge in [0, 0.05) is 82.4 Å². The molecule has 1 aromatic heterocycles. The Morgan fingerprint density at radius 2 is 1.85 bits per heavy atom. The van der Waals surface area contributed by atoms with Crippen LogP contribution in [0.1, 0.15) is 12.8 Å². The third kappa shape index (κ3) is 6.04. The lowest BCUT2D eigenvalue weighted by Gasteiger charge is -2.35. The average Bonchev–Trinajstić information content (AvgIpc) is 3.33. The highest BCUT2D eigenvalue weighted by molar-refractivity contribution is 8.05. The number of anilines is 2. The van der Waals surface area contributed by atoms with Crippen LogP contribution in [0.25, 0.3) is 11.3 Å². The van der Waals surface area contributed by atoms with E-state index < -0.39 is 0 Å². The normalized spacial score (nSPS) is 22.7. The van der Waals surface area contributed by atoms with Crippen LogP contribution in [-0.2, 0) is 14.2 Å². The summed E-state index contributed by atoms with van der Waals surface area (Å²) < 4.78 is 17.1. The Hall–Kier alpha value is -2.47. The fourth-order valence-electron chi connectivity index (χ4n) is 6.32. The van der Waals surface area contributed by atoms with Gasteiger partial charge in [0.15, 0.2) is 0 Å². The van der Waals surface area contributed by atoms with Gasteiger partial charge in [0.2, 0.25) is 5.56 Å². The lowest BCUT2D eigenvalue weighted by molar-refractivity contribution is -0.0407. The number of benzene rings is 2. The van der Waals surface area contributed by atoms with E-state index in [2.05, 4.69) is 62.6 Å². The summed E-state index contributed by atoms with van der Waals surface area (Å²) in [5.74, 6) is 0. The molecule has 0 aliphatic carbocycles. The maximum Gasteiger partial charge on any atom is 0.250 e. The van der Waals surface area contributed by atoms with E-state index in [0.717, 1.165) is 55.4 Å². The Labute approximate surface area is 249 Å². The fraction of sp³-hybridized carbons (Fsp3) is 0.452. The molecule has 3 saturated heterocycles. The molecule has 3 aromatic rings. The molecule has 10 heteroatoms. The molecular formula is C31H36N4O4S2. The lowest BCUT2D eigenvalue weighted by Crippen LogP contribution is -2.48. The first-order chi connectivity index (χ1) is 20.1. The summed E-state index contributed by atoms with van der Waals surface area (Å²) in [6.45, 7) is 6.57. The van der Waals surface area contributed by atoms with Gasteiger partial charge in [-0.3, -0.25) is 9.69 Å². The number of aromatic amines is 1. The smallest absolute Gasteiger partial charge is 0.250 e. The van der Waals surface area contributed by atoms with Crippen molar-refractivity contribution >= 4 is 34.9 Å². The molecule has 0 saturated carbocycles. The van der Waals surface area contributed by atoms with Crippen LogP contribution in [0, 0.1) is 0 Å². The molecule has 0 spiro atoms. The minimum absolute atomic E-state index is 0.0819. The number of rotatable bonds is 8. The number of hydrogen-bond donors (Lipinski definition) is 2. The fourth-order valence-corrected chi connectivity index (χ4v) is 8.73. The molecular weight excluding hydrogens is 556 g/mol. The Balaban J connectivity index is 1.10. The summed E-state index contributed by atoms with van der Waals surface area (Å²) in [6, 6.07) is 17.0. The second-order valence-corrected chi connectivity index (χ2v) is 13.3. The van der Waals surface area contributed by atoms with Crippen molar-refractivity contribution in [2.75, 3.05) is 69.9 Å². The standard InChI is InChI=1S/C31H36N4O4S2/c1-37-19-21(16-34-17-23-6-7-24(18-34)39-23)32-20-5-8-27-29(13-20)40-28-4-2-3-25(31(28)41-27)26-14-22(15-30(36)33-26)35-9-11-38-12-10-35/h2-5,8,13-15,21,23-24,32H,6-7,9-12,16-19H2,1H3,(H,33,36)/t21-,23?,24?/m0/s1. The highest BCUT2D eigenvalue weighted by Gasteiger charge is 2.34. The number of aromatic nitrogens is 1. The van der Waals surface area contributed by atoms with E-state index in [4.69, 9.17) is 14.2 Å². The van der Waals surface area contributed by atoms with Crippen LogP contribution in [0.3, 0.4) is 0 Å². The third-order valence-electron chi connectivity index (χ3n) is 8.19. The van der Waals surface area contributed by atoms with E-state index in [9.17, 15) is 4.79 Å². The number of pyridine rings is 1. The van der Waals surface area contributed by atoms with Gasteiger partial charge < -0.3 is 29.4 Å². The Bertz CT molecular complexity index is 1450. The quantitative estimate of drug-likeness (QED) is 0.300. The van der Waals surface area contributed by atoms with Gasteiger partial charge in [0.1, 0.15) is 0 Å². The van der Waals surface area contributed by atoms with Crippen molar-refractivity contribution in [3.05, 3.63) is 58.9 Å². The molecule has 5 heterocycles. The van der Waals surface area contributed by atoms with Gasteiger partial charge in [0.05, 0.1) is 43.8 Å². The lowest BCUT2D eigenvalue weighted by atomic mass is 10.1. The van der Waals surface area contributed by atoms with Crippen molar-refractivity contribution in [2.24, 2.45) is 0 Å². The van der Waals surface area contributed by atoms with E-state index in [1.54, 1.807) is 36.7 Å². The second kappa shape index (κ2) is 12.0. The van der Waals surface area contributed by atoms with Crippen LogP contribution in [0.4, 0.5) is 11.4 Å². The molecule has 216 valence electrons. The summed E-state index contributed by atoms with van der Waals surface area (Å²) in [5.41, 5.74) is 3.88. The minimum Gasteiger partial charge on any atom is -0.383 e. The molecule has 4 aliphatic rings. The number of nitrogens with zero attached hydrogens (tertiary/aromatic N) is 2. The van der Waals surface area contributed by atoms with Gasteiger partial charge in [-0.25, -0.2) is 0 Å². The van der Waals surface area contributed by atoms with Crippen molar-refractivity contribution in [3.63, 3.8) is 0 Å². The van der Waals surface area contributed by atoms with Crippen LogP contribution in [0.5, 0.6) is 0 Å². The molecule has 2 aromatic carbocycles. The monoisotopic (exact) mass is 592 g/mol. The Kier molecular flexibility index (Phi) is 8.03. The topological polar surface area (TPSA) is 79.1 Å². The van der Waals surface area contributed by atoms with E-state index in [1.807, 2.05) is 0 Å². The molecule has 7 rings (SSSR count). The summed E-state index contributed by atoms with van der Waals surface area (Å²) in [4.78, 5) is 25.4. The van der Waals surface area contributed by atoms with Gasteiger partial charge in [-0.05, 0) is 43.2 Å². The molecule has 2 bridgehead atoms. The van der Waals surface area contributed by atoms with Crippen molar-refractivity contribution in [3.8, 4) is 11.3 Å². The SMILES string of the molecule is COC[C@H](CN1CC2CCC(C1)O2)Nc1ccc2c(c1)Sc1cccc(-c3cc(N4CCOCC4)cc(=O)[nH]3)c1S2. The molecule has 8 nitrogen and oxygen atoms in total. The van der Waals surface area contributed by atoms with Crippen LogP contribution in [-0.4, -0.2) is 87.8 Å². The molecule has 0 amide bonds. The second-order valence-electron chi connectivity index (χ2n) is 11.2. The number of likely N-dealkylation sites (tertiary alicyclic amines) is 1. The molecule has 2 N–H and O–H groups in total. The van der Waals surface area contributed by atoms with Gasteiger partial charge in [-0.1, -0.05) is 35.7 Å². The first-order valence-electron chi connectivity index (χ1n) is 14.4. The zero-order valence-electron chi connectivity index (χ0n) is 23.3. The van der Waals surface area contributed by atoms with Crippen molar-refractivity contribution < 1.29 is 14.2 Å². The first kappa shape index (κ1) is 27.4. The third-order valence-corrected chi connectivity index (χ3v) is 10.8. The maximum absolute atomic E-state index is 12.7. The number of fused-ring (bicyclic) bond motifs is 4. The van der Waals surface area contributed by atoms with Crippen LogP contribution in [0.2, 0.25) is 0 Å². The van der Waals surface area contributed by atoms with E-state index in [-0.39, 0.29) is 11.6 Å². The number of hydrogen-bond acceptors (Lipinski definition) is 9. The van der Waals surface area contributed by atoms with E-state index in [1.165, 1.54) is 32.4 Å². The molecule has 0 radical (unpaired) electrons. The predicted octanol–water partition coefficient (Wildman–Crippen LogP) is 4.78. The summed E-state index contributed by atoms with van der Waals surface area (Å²) in [7, 11) is 1.77. The summed E-state index contributed by atoms with van der Waals surface area (Å²) in [5, 5.41) is 3.75. The molecule has 4 aliphatic heterocycles. The highest BCUT2D eigenvalue weighted by Crippen LogP contribution is 2.52. The number of ether oxygens (including phenoxy) is 3. The molecule has 3 atom stereocenters. The number of H-pyrrole nitrogens is 1. The minimum atomic E-state index is -0.0819. The van der Waals surface area contributed by atoms with E-state index >= 15 is 0 Å². The molecule has 2 unspecified atom stereocenters. The number of morpholine rings is 2. The number of methoxy groups -OCH3 is 1. The van der Waals surface area contributed by atoms with Gasteiger partial charge in [-0.15, -0.1) is 0 Å². The van der Waals surface area contributed by atoms with Crippen molar-refractivity contribution in [1.82, 2.24) is 9.88 Å². The van der Waals surface area contributed by atoms with E-state index in [0.29, 0.717) is 32.0 Å². The Morgan fingerprint density at radius 3 is 2.66 bits per heavy atom.